The lowest BCUT2D eigenvalue weighted by Crippen LogP contribution is -2.15. The van der Waals surface area contributed by atoms with Crippen LogP contribution in [0.15, 0.2) is 48.6 Å². The van der Waals surface area contributed by atoms with Crippen LogP contribution in [0.1, 0.15) is 43.7 Å². The van der Waals surface area contributed by atoms with Gasteiger partial charge in [0.05, 0.1) is 4.32 Å². The summed E-state index contributed by atoms with van der Waals surface area (Å²) in [6.07, 6.45) is 14.8. The Kier molecular flexibility index (Phi) is 4.82. The van der Waals surface area contributed by atoms with E-state index in [2.05, 4.69) is 71.4 Å². The molecule has 0 N–H and O–H groups in total. The largest absolute Gasteiger partial charge is 0.0825 e. The van der Waals surface area contributed by atoms with Crippen LogP contribution in [-0.2, 0) is 10.7 Å². The first-order valence-corrected chi connectivity index (χ1v) is 7.66. The quantitative estimate of drug-likeness (QED) is 0.496. The molecule has 1 aliphatic carbocycles. The maximum absolute atomic E-state index is 3.85. The summed E-state index contributed by atoms with van der Waals surface area (Å²) in [6, 6.07) is 9.08. The number of hydrogen-bond acceptors (Lipinski definition) is 0. The van der Waals surface area contributed by atoms with Crippen molar-refractivity contribution in [1.82, 2.24) is 0 Å². The maximum Gasteiger partial charge on any atom is 0.0723 e. The van der Waals surface area contributed by atoms with Crippen LogP contribution in [0.2, 0.25) is 0 Å². The fraction of sp³-hybridized carbons (Fsp3) is 0.412. The molecule has 0 fully saturated rings. The molecule has 1 aliphatic rings. The zero-order chi connectivity index (χ0) is 12.8. The van der Waals surface area contributed by atoms with E-state index in [-0.39, 0.29) is 4.32 Å². The number of rotatable bonds is 5. The summed E-state index contributed by atoms with van der Waals surface area (Å²) in [5.41, 5.74) is 2.81. The van der Waals surface area contributed by atoms with Crippen molar-refractivity contribution in [3.63, 3.8) is 0 Å². The molecule has 1 aromatic rings. The van der Waals surface area contributed by atoms with E-state index in [1.807, 2.05) is 0 Å². The van der Waals surface area contributed by atoms with E-state index in [0.29, 0.717) is 0 Å². The van der Waals surface area contributed by atoms with Crippen LogP contribution in [0.4, 0.5) is 0 Å². The van der Waals surface area contributed by atoms with Gasteiger partial charge in [-0.2, -0.15) is 0 Å². The lowest BCUT2D eigenvalue weighted by atomic mass is 9.91. The van der Waals surface area contributed by atoms with E-state index in [1.54, 1.807) is 0 Å². The standard InChI is InChI=1S/C17H21Br/c1-2-3-5-8-15-9-11-16(12-10-15)17(18)13-6-4-7-14-17/h4,6-7,9-13H,2-3,5,8,14H2,1H3. The second-order valence-electron chi connectivity index (χ2n) is 5.01. The minimum absolute atomic E-state index is 0.00367. The van der Waals surface area contributed by atoms with Crippen molar-refractivity contribution in [2.45, 2.75) is 43.4 Å². The molecule has 96 valence electrons. The number of hydrogen-bond donors (Lipinski definition) is 0. The van der Waals surface area contributed by atoms with E-state index >= 15 is 0 Å². The van der Waals surface area contributed by atoms with Crippen molar-refractivity contribution < 1.29 is 0 Å². The minimum atomic E-state index is 0.00367. The number of alkyl halides is 1. The lowest BCUT2D eigenvalue weighted by molar-refractivity contribution is 0.716. The fourth-order valence-corrected chi connectivity index (χ4v) is 2.94. The highest BCUT2D eigenvalue weighted by Crippen LogP contribution is 2.38. The summed E-state index contributed by atoms with van der Waals surface area (Å²) < 4.78 is 0.00367. The number of halogens is 1. The maximum atomic E-state index is 3.85. The van der Waals surface area contributed by atoms with Crippen molar-refractivity contribution in [1.29, 1.82) is 0 Å². The summed E-state index contributed by atoms with van der Waals surface area (Å²) in [6.45, 7) is 2.25. The van der Waals surface area contributed by atoms with E-state index < -0.39 is 0 Å². The van der Waals surface area contributed by atoms with Gasteiger partial charge in [-0.05, 0) is 30.4 Å². The third-order valence-corrected chi connectivity index (χ3v) is 4.57. The van der Waals surface area contributed by atoms with Gasteiger partial charge in [-0.15, -0.1) is 0 Å². The highest BCUT2D eigenvalue weighted by atomic mass is 79.9. The van der Waals surface area contributed by atoms with Gasteiger partial charge in [0.15, 0.2) is 0 Å². The van der Waals surface area contributed by atoms with Crippen LogP contribution in [0, 0.1) is 0 Å². The Morgan fingerprint density at radius 1 is 1.11 bits per heavy atom. The van der Waals surface area contributed by atoms with Crippen LogP contribution in [-0.4, -0.2) is 0 Å². The van der Waals surface area contributed by atoms with Crippen molar-refractivity contribution in [3.8, 4) is 0 Å². The van der Waals surface area contributed by atoms with E-state index in [1.165, 1.54) is 36.8 Å². The number of allylic oxidation sites excluding steroid dienone is 4. The first kappa shape index (κ1) is 13.6. The average molecular weight is 305 g/mol. The Balaban J connectivity index is 2.03. The Morgan fingerprint density at radius 2 is 1.89 bits per heavy atom. The SMILES string of the molecule is CCCCCc1ccc(C2(Br)C=CC=CC2)cc1. The van der Waals surface area contributed by atoms with Gasteiger partial charge in [-0.3, -0.25) is 0 Å². The molecule has 0 saturated carbocycles. The molecule has 1 atom stereocenters. The van der Waals surface area contributed by atoms with Crippen molar-refractivity contribution in [3.05, 3.63) is 59.7 Å². The molecule has 1 heteroatoms. The Labute approximate surface area is 119 Å². The minimum Gasteiger partial charge on any atom is -0.0825 e. The molecule has 0 aliphatic heterocycles. The highest BCUT2D eigenvalue weighted by Gasteiger charge is 2.25. The van der Waals surface area contributed by atoms with Crippen LogP contribution in [0.3, 0.4) is 0 Å². The summed E-state index contributed by atoms with van der Waals surface area (Å²) >= 11 is 3.85. The Morgan fingerprint density at radius 3 is 2.50 bits per heavy atom. The van der Waals surface area contributed by atoms with Crippen molar-refractivity contribution in [2.75, 3.05) is 0 Å². The predicted molar refractivity (Wildman–Crippen MR) is 83.2 cm³/mol. The van der Waals surface area contributed by atoms with Gasteiger partial charge in [0.1, 0.15) is 0 Å². The molecule has 18 heavy (non-hydrogen) atoms. The molecular weight excluding hydrogens is 284 g/mol. The number of unbranched alkanes of at least 4 members (excludes halogenated alkanes) is 2. The smallest absolute Gasteiger partial charge is 0.0723 e. The normalized spacial score (nSPS) is 22.3. The molecule has 0 aromatic heterocycles. The highest BCUT2D eigenvalue weighted by molar-refractivity contribution is 9.09. The fourth-order valence-electron chi connectivity index (χ4n) is 2.34. The molecule has 0 amide bonds. The first-order chi connectivity index (χ1) is 8.74. The molecule has 2 rings (SSSR count). The molecule has 1 aromatic carbocycles. The number of aryl methyl sites for hydroxylation is 1. The second kappa shape index (κ2) is 6.38. The molecule has 0 nitrogen and oxygen atoms in total. The molecule has 0 saturated heterocycles. The Hall–Kier alpha value is -0.820. The van der Waals surface area contributed by atoms with E-state index in [9.17, 15) is 0 Å². The second-order valence-corrected chi connectivity index (χ2v) is 6.42. The van der Waals surface area contributed by atoms with Gasteiger partial charge < -0.3 is 0 Å². The predicted octanol–water partition coefficient (Wildman–Crippen LogP) is 5.53. The van der Waals surface area contributed by atoms with E-state index in [0.717, 1.165) is 6.42 Å². The zero-order valence-electron chi connectivity index (χ0n) is 11.0. The van der Waals surface area contributed by atoms with Gasteiger partial charge in [0, 0.05) is 0 Å². The third-order valence-electron chi connectivity index (χ3n) is 3.53. The van der Waals surface area contributed by atoms with Crippen LogP contribution >= 0.6 is 15.9 Å². The van der Waals surface area contributed by atoms with Crippen LogP contribution < -0.4 is 0 Å². The first-order valence-electron chi connectivity index (χ1n) is 6.87. The lowest BCUT2D eigenvalue weighted by Gasteiger charge is -2.25. The van der Waals surface area contributed by atoms with Gasteiger partial charge >= 0.3 is 0 Å². The van der Waals surface area contributed by atoms with Crippen molar-refractivity contribution in [2.24, 2.45) is 0 Å². The van der Waals surface area contributed by atoms with Crippen molar-refractivity contribution >= 4 is 15.9 Å². The van der Waals surface area contributed by atoms with Crippen LogP contribution in [0.25, 0.3) is 0 Å². The molecule has 0 radical (unpaired) electrons. The van der Waals surface area contributed by atoms with Gasteiger partial charge in [0.2, 0.25) is 0 Å². The molecule has 0 bridgehead atoms. The van der Waals surface area contributed by atoms with E-state index in [4.69, 9.17) is 0 Å². The van der Waals surface area contributed by atoms with Gasteiger partial charge in [0.25, 0.3) is 0 Å². The molecular formula is C17H21Br. The molecule has 0 heterocycles. The third kappa shape index (κ3) is 3.35. The van der Waals surface area contributed by atoms with Gasteiger partial charge in [-0.25, -0.2) is 0 Å². The molecule has 0 spiro atoms. The summed E-state index contributed by atoms with van der Waals surface area (Å²) in [4.78, 5) is 0. The topological polar surface area (TPSA) is 0 Å². The monoisotopic (exact) mass is 304 g/mol. The zero-order valence-corrected chi connectivity index (χ0v) is 12.6. The Bertz CT molecular complexity index is 427. The summed E-state index contributed by atoms with van der Waals surface area (Å²) in [5, 5.41) is 0. The van der Waals surface area contributed by atoms with Gasteiger partial charge in [-0.1, -0.05) is 84.3 Å². The average Bonchev–Trinajstić information content (AvgIpc) is 2.41. The summed E-state index contributed by atoms with van der Waals surface area (Å²) in [7, 11) is 0. The van der Waals surface area contributed by atoms with Crippen LogP contribution in [0.5, 0.6) is 0 Å². The summed E-state index contributed by atoms with van der Waals surface area (Å²) in [5.74, 6) is 0. The molecule has 1 unspecified atom stereocenters. The number of benzene rings is 1.